The molecule has 0 aromatic heterocycles. The molecule has 0 unspecified atom stereocenters. The highest BCUT2D eigenvalue weighted by molar-refractivity contribution is 6.33. The molecule has 0 spiro atoms. The molecule has 0 radical (unpaired) electrons. The molecule has 5 heteroatoms. The van der Waals surface area contributed by atoms with Gasteiger partial charge in [0.05, 0.1) is 23.9 Å². The topological polar surface area (TPSA) is 32.8 Å². The number of ether oxygens (including phenoxy) is 1. The molecule has 0 aliphatic carbocycles. The molecular formula is C15H19ClN2O2. The number of hydrogen-bond acceptors (Lipinski definition) is 3. The molecule has 1 aliphatic heterocycles. The van der Waals surface area contributed by atoms with Crippen LogP contribution in [-0.2, 0) is 9.53 Å². The average molecular weight is 295 g/mol. The van der Waals surface area contributed by atoms with Gasteiger partial charge in [0.25, 0.3) is 0 Å². The molecule has 0 saturated carbocycles. The molecule has 1 fully saturated rings. The summed E-state index contributed by atoms with van der Waals surface area (Å²) in [7, 11) is 0. The number of morpholine rings is 1. The van der Waals surface area contributed by atoms with E-state index in [2.05, 4.69) is 11.5 Å². The van der Waals surface area contributed by atoms with Crippen molar-refractivity contribution in [1.82, 2.24) is 4.90 Å². The predicted octanol–water partition coefficient (Wildman–Crippen LogP) is 2.19. The number of rotatable bonds is 5. The van der Waals surface area contributed by atoms with Gasteiger partial charge < -0.3 is 9.64 Å². The first-order valence-electron chi connectivity index (χ1n) is 6.71. The lowest BCUT2D eigenvalue weighted by Gasteiger charge is -2.30. The van der Waals surface area contributed by atoms with E-state index in [1.807, 2.05) is 18.2 Å². The van der Waals surface area contributed by atoms with Crippen molar-refractivity contribution in [2.75, 3.05) is 44.3 Å². The standard InChI is InChI=1S/C15H19ClN2O2/c1-2-15(19)18(14-6-4-3-5-13(14)16)8-7-17-9-11-20-12-10-17/h2-6H,1,7-12H2. The van der Waals surface area contributed by atoms with Gasteiger partial charge >= 0.3 is 0 Å². The number of hydrogen-bond donors (Lipinski definition) is 0. The third-order valence-corrected chi connectivity index (χ3v) is 3.65. The quantitative estimate of drug-likeness (QED) is 0.781. The van der Waals surface area contributed by atoms with Gasteiger partial charge in [0, 0.05) is 26.2 Å². The fourth-order valence-corrected chi connectivity index (χ4v) is 2.43. The maximum Gasteiger partial charge on any atom is 0.250 e. The second kappa shape index (κ2) is 7.43. The molecule has 4 nitrogen and oxygen atoms in total. The maximum absolute atomic E-state index is 12.0. The first kappa shape index (κ1) is 15.0. The lowest BCUT2D eigenvalue weighted by molar-refractivity contribution is -0.114. The van der Waals surface area contributed by atoms with Gasteiger partial charge in [-0.2, -0.15) is 0 Å². The van der Waals surface area contributed by atoms with Gasteiger partial charge in [-0.15, -0.1) is 0 Å². The van der Waals surface area contributed by atoms with Crippen LogP contribution in [-0.4, -0.2) is 50.2 Å². The Bertz CT molecular complexity index is 473. The lowest BCUT2D eigenvalue weighted by Crippen LogP contribution is -2.43. The van der Waals surface area contributed by atoms with E-state index in [1.165, 1.54) is 6.08 Å². The zero-order valence-corrected chi connectivity index (χ0v) is 12.2. The second-order valence-electron chi connectivity index (χ2n) is 4.60. The Hall–Kier alpha value is -1.36. The Kier molecular flexibility index (Phi) is 5.59. The van der Waals surface area contributed by atoms with Gasteiger partial charge in [-0.1, -0.05) is 30.3 Å². The summed E-state index contributed by atoms with van der Waals surface area (Å²) < 4.78 is 5.32. The number of carbonyl (C=O) groups excluding carboxylic acids is 1. The molecule has 1 heterocycles. The molecule has 1 amide bonds. The minimum atomic E-state index is -0.133. The highest BCUT2D eigenvalue weighted by Crippen LogP contribution is 2.25. The van der Waals surface area contributed by atoms with Gasteiger partial charge in [-0.3, -0.25) is 9.69 Å². The zero-order chi connectivity index (χ0) is 14.4. The van der Waals surface area contributed by atoms with E-state index in [9.17, 15) is 4.79 Å². The van der Waals surface area contributed by atoms with Gasteiger partial charge in [0.15, 0.2) is 0 Å². The predicted molar refractivity (Wildman–Crippen MR) is 81.3 cm³/mol. The Morgan fingerprint density at radius 1 is 1.40 bits per heavy atom. The van der Waals surface area contributed by atoms with Crippen LogP contribution in [0.25, 0.3) is 0 Å². The summed E-state index contributed by atoms with van der Waals surface area (Å²) in [5.41, 5.74) is 0.729. The average Bonchev–Trinajstić information content (AvgIpc) is 2.50. The number of carbonyl (C=O) groups is 1. The van der Waals surface area contributed by atoms with Crippen molar-refractivity contribution in [2.24, 2.45) is 0 Å². The van der Waals surface area contributed by atoms with E-state index < -0.39 is 0 Å². The minimum Gasteiger partial charge on any atom is -0.379 e. The van der Waals surface area contributed by atoms with E-state index >= 15 is 0 Å². The normalized spacial score (nSPS) is 15.8. The number of anilines is 1. The van der Waals surface area contributed by atoms with E-state index in [4.69, 9.17) is 16.3 Å². The molecule has 0 N–H and O–H groups in total. The summed E-state index contributed by atoms with van der Waals surface area (Å²) in [6.07, 6.45) is 1.32. The Morgan fingerprint density at radius 2 is 2.10 bits per heavy atom. The molecular weight excluding hydrogens is 276 g/mol. The first-order chi connectivity index (χ1) is 9.72. The number of para-hydroxylation sites is 1. The molecule has 0 atom stereocenters. The van der Waals surface area contributed by atoms with E-state index in [0.29, 0.717) is 11.6 Å². The molecule has 1 aromatic carbocycles. The summed E-state index contributed by atoms with van der Waals surface area (Å²) in [5, 5.41) is 0.574. The lowest BCUT2D eigenvalue weighted by atomic mass is 10.2. The molecule has 1 aliphatic rings. The summed E-state index contributed by atoms with van der Waals surface area (Å²) in [5.74, 6) is -0.133. The van der Waals surface area contributed by atoms with Crippen LogP contribution < -0.4 is 4.90 Å². The number of benzene rings is 1. The summed E-state index contributed by atoms with van der Waals surface area (Å²) in [6.45, 7) is 8.26. The Labute approximate surface area is 124 Å². The second-order valence-corrected chi connectivity index (χ2v) is 5.01. The highest BCUT2D eigenvalue weighted by Gasteiger charge is 2.18. The van der Waals surface area contributed by atoms with Gasteiger partial charge in [-0.05, 0) is 18.2 Å². The summed E-state index contributed by atoms with van der Waals surface area (Å²) >= 11 is 6.18. The zero-order valence-electron chi connectivity index (χ0n) is 11.4. The maximum atomic E-state index is 12.0. The molecule has 0 bridgehead atoms. The molecule has 108 valence electrons. The van der Waals surface area contributed by atoms with Crippen molar-refractivity contribution in [2.45, 2.75) is 0 Å². The Morgan fingerprint density at radius 3 is 2.75 bits per heavy atom. The van der Waals surface area contributed by atoms with Crippen LogP contribution in [0.3, 0.4) is 0 Å². The third-order valence-electron chi connectivity index (χ3n) is 3.33. The van der Waals surface area contributed by atoms with Crippen molar-refractivity contribution >= 4 is 23.2 Å². The van der Waals surface area contributed by atoms with E-state index in [1.54, 1.807) is 11.0 Å². The summed E-state index contributed by atoms with van der Waals surface area (Å²) in [4.78, 5) is 16.0. The SMILES string of the molecule is C=CC(=O)N(CCN1CCOCC1)c1ccccc1Cl. The monoisotopic (exact) mass is 294 g/mol. The molecule has 1 aromatic rings. The van der Waals surface area contributed by atoms with Crippen LogP contribution in [0, 0.1) is 0 Å². The van der Waals surface area contributed by atoms with E-state index in [-0.39, 0.29) is 5.91 Å². The van der Waals surface area contributed by atoms with Crippen molar-refractivity contribution in [1.29, 1.82) is 0 Å². The number of halogens is 1. The van der Waals surface area contributed by atoms with Gasteiger partial charge in [0.2, 0.25) is 5.91 Å². The van der Waals surface area contributed by atoms with E-state index in [0.717, 1.165) is 38.5 Å². The van der Waals surface area contributed by atoms with Crippen LogP contribution in [0.5, 0.6) is 0 Å². The van der Waals surface area contributed by atoms with Gasteiger partial charge in [-0.25, -0.2) is 0 Å². The fraction of sp³-hybridized carbons (Fsp3) is 0.400. The summed E-state index contributed by atoms with van der Waals surface area (Å²) in [6, 6.07) is 7.36. The van der Waals surface area contributed by atoms with Crippen LogP contribution in [0.2, 0.25) is 5.02 Å². The number of nitrogens with zero attached hydrogens (tertiary/aromatic N) is 2. The highest BCUT2D eigenvalue weighted by atomic mass is 35.5. The Balaban J connectivity index is 2.06. The van der Waals surface area contributed by atoms with Crippen LogP contribution in [0.4, 0.5) is 5.69 Å². The molecule has 20 heavy (non-hydrogen) atoms. The molecule has 2 rings (SSSR count). The molecule has 1 saturated heterocycles. The van der Waals surface area contributed by atoms with Gasteiger partial charge in [0.1, 0.15) is 0 Å². The van der Waals surface area contributed by atoms with Crippen molar-refractivity contribution in [3.63, 3.8) is 0 Å². The fourth-order valence-electron chi connectivity index (χ4n) is 2.20. The third kappa shape index (κ3) is 3.82. The van der Waals surface area contributed by atoms with Crippen molar-refractivity contribution in [3.05, 3.63) is 41.9 Å². The number of amides is 1. The largest absolute Gasteiger partial charge is 0.379 e. The van der Waals surface area contributed by atoms with Crippen LogP contribution >= 0.6 is 11.6 Å². The first-order valence-corrected chi connectivity index (χ1v) is 7.08. The van der Waals surface area contributed by atoms with Crippen molar-refractivity contribution in [3.8, 4) is 0 Å². The van der Waals surface area contributed by atoms with Crippen LogP contribution in [0.1, 0.15) is 0 Å². The van der Waals surface area contributed by atoms with Crippen LogP contribution in [0.15, 0.2) is 36.9 Å². The van der Waals surface area contributed by atoms with Crippen molar-refractivity contribution < 1.29 is 9.53 Å². The minimum absolute atomic E-state index is 0.133. The smallest absolute Gasteiger partial charge is 0.250 e.